The van der Waals surface area contributed by atoms with E-state index in [1.807, 2.05) is 14.2 Å². The smallest absolute Gasteiger partial charge is 0.355 e. The maximum Gasteiger partial charge on any atom is 0.355 e. The van der Waals surface area contributed by atoms with E-state index in [0.717, 1.165) is 5.92 Å². The maximum absolute atomic E-state index is 6.30. The summed E-state index contributed by atoms with van der Waals surface area (Å²) in [6, 6.07) is 8.73. The van der Waals surface area contributed by atoms with Crippen molar-refractivity contribution in [3.05, 3.63) is 41.5 Å². The van der Waals surface area contributed by atoms with Crippen LogP contribution in [0.4, 0.5) is 0 Å². The summed E-state index contributed by atoms with van der Waals surface area (Å²) in [5.74, 6) is 0.919. The first-order valence-electron chi connectivity index (χ1n) is 8.12. The summed E-state index contributed by atoms with van der Waals surface area (Å²) in [5, 5.41) is 0.327. The van der Waals surface area contributed by atoms with Crippen LogP contribution in [0.1, 0.15) is 48.8 Å². The number of rotatable bonds is 4. The highest BCUT2D eigenvalue weighted by Crippen LogP contribution is 2.67. The molecule has 2 saturated carbocycles. The standard InChI is InChI=1S/C18H24O2Si/c1-19-21(20-2,18-11-9-14(13-18)10-12-18)17-8-7-15-5-3-4-6-16(15)17/h3-8,14,17H,9-13H2,1-2H3. The van der Waals surface area contributed by atoms with Gasteiger partial charge in [-0.2, -0.15) is 0 Å². The summed E-state index contributed by atoms with van der Waals surface area (Å²) in [6.45, 7) is 0. The minimum absolute atomic E-state index is 0.327. The molecule has 0 spiro atoms. The first-order chi connectivity index (χ1) is 10.2. The van der Waals surface area contributed by atoms with Gasteiger partial charge in [-0.15, -0.1) is 0 Å². The molecule has 0 aromatic heterocycles. The molecule has 112 valence electrons. The largest absolute Gasteiger partial charge is 0.397 e. The van der Waals surface area contributed by atoms with Gasteiger partial charge in [0, 0.05) is 24.8 Å². The van der Waals surface area contributed by atoms with Crippen molar-refractivity contribution >= 4 is 14.6 Å². The van der Waals surface area contributed by atoms with Gasteiger partial charge in [0.05, 0.1) is 0 Å². The molecule has 3 aliphatic rings. The predicted octanol–water partition coefficient (Wildman–Crippen LogP) is 4.41. The van der Waals surface area contributed by atoms with Crippen molar-refractivity contribution in [3.8, 4) is 0 Å². The lowest BCUT2D eigenvalue weighted by Gasteiger charge is -2.46. The first-order valence-corrected chi connectivity index (χ1v) is 10.0. The van der Waals surface area contributed by atoms with E-state index >= 15 is 0 Å². The molecule has 2 fully saturated rings. The fourth-order valence-electron chi connectivity index (χ4n) is 5.36. The van der Waals surface area contributed by atoms with Crippen molar-refractivity contribution in [1.82, 2.24) is 0 Å². The van der Waals surface area contributed by atoms with E-state index in [1.165, 1.54) is 43.2 Å². The summed E-state index contributed by atoms with van der Waals surface area (Å²) in [5.41, 5.74) is 3.11. The summed E-state index contributed by atoms with van der Waals surface area (Å²) in [7, 11) is 1.46. The lowest BCUT2D eigenvalue weighted by atomic mass is 10.0. The van der Waals surface area contributed by atoms with Gasteiger partial charge < -0.3 is 8.85 Å². The van der Waals surface area contributed by atoms with Crippen molar-refractivity contribution in [2.45, 2.75) is 42.7 Å². The van der Waals surface area contributed by atoms with Crippen LogP contribution in [0.3, 0.4) is 0 Å². The van der Waals surface area contributed by atoms with E-state index in [-0.39, 0.29) is 0 Å². The van der Waals surface area contributed by atoms with Gasteiger partial charge >= 0.3 is 8.56 Å². The fourth-order valence-corrected chi connectivity index (χ4v) is 10.1. The molecule has 2 bridgehead atoms. The highest BCUT2D eigenvalue weighted by atomic mass is 28.4. The molecule has 0 heterocycles. The lowest BCUT2D eigenvalue weighted by Crippen LogP contribution is -2.55. The van der Waals surface area contributed by atoms with E-state index < -0.39 is 8.56 Å². The van der Waals surface area contributed by atoms with Crippen molar-refractivity contribution in [2.75, 3.05) is 14.2 Å². The second kappa shape index (κ2) is 4.80. The maximum atomic E-state index is 6.30. The Balaban J connectivity index is 1.81. The van der Waals surface area contributed by atoms with E-state index in [2.05, 4.69) is 36.4 Å². The van der Waals surface area contributed by atoms with Crippen molar-refractivity contribution < 1.29 is 8.85 Å². The van der Waals surface area contributed by atoms with Gasteiger partial charge in [-0.1, -0.05) is 49.3 Å². The van der Waals surface area contributed by atoms with Crippen LogP contribution in [-0.2, 0) is 8.85 Å². The molecular formula is C18H24O2Si. The number of hydrogen-bond donors (Lipinski definition) is 0. The van der Waals surface area contributed by atoms with Gasteiger partial charge in [-0.25, -0.2) is 0 Å². The molecule has 0 N–H and O–H groups in total. The van der Waals surface area contributed by atoms with E-state index in [4.69, 9.17) is 8.85 Å². The highest BCUT2D eigenvalue weighted by Gasteiger charge is 2.65. The molecule has 1 atom stereocenters. The van der Waals surface area contributed by atoms with E-state index in [9.17, 15) is 0 Å². The third-order valence-electron chi connectivity index (χ3n) is 6.30. The van der Waals surface area contributed by atoms with Gasteiger partial charge in [-0.3, -0.25) is 0 Å². The fraction of sp³-hybridized carbons (Fsp3) is 0.556. The quantitative estimate of drug-likeness (QED) is 0.767. The van der Waals surface area contributed by atoms with Gasteiger partial charge in [0.2, 0.25) is 0 Å². The molecule has 0 radical (unpaired) electrons. The summed E-state index contributed by atoms with van der Waals surface area (Å²) in [4.78, 5) is 0. The Hall–Kier alpha value is -0.903. The third kappa shape index (κ3) is 1.71. The second-order valence-corrected chi connectivity index (χ2v) is 10.8. The average Bonchev–Trinajstić information content (AvgIpc) is 3.24. The van der Waals surface area contributed by atoms with Crippen LogP contribution in [0.15, 0.2) is 30.3 Å². The Bertz CT molecular complexity index is 568. The zero-order valence-corrected chi connectivity index (χ0v) is 14.0. The highest BCUT2D eigenvalue weighted by molar-refractivity contribution is 6.73. The Morgan fingerprint density at radius 2 is 1.81 bits per heavy atom. The zero-order valence-electron chi connectivity index (χ0n) is 13.0. The van der Waals surface area contributed by atoms with Gasteiger partial charge in [-0.05, 0) is 36.3 Å². The summed E-state index contributed by atoms with van der Waals surface area (Å²) >= 11 is 0. The third-order valence-corrected chi connectivity index (χ3v) is 11.0. The number of allylic oxidation sites excluding steroid dienone is 1. The summed E-state index contributed by atoms with van der Waals surface area (Å²) in [6.07, 6.45) is 11.3. The number of fused-ring (bicyclic) bond motifs is 3. The Kier molecular flexibility index (Phi) is 3.14. The average molecular weight is 300 g/mol. The van der Waals surface area contributed by atoms with Gasteiger partial charge in [0.1, 0.15) is 0 Å². The lowest BCUT2D eigenvalue weighted by molar-refractivity contribution is 0.194. The molecule has 1 unspecified atom stereocenters. The van der Waals surface area contributed by atoms with Gasteiger partial charge in [0.15, 0.2) is 0 Å². The van der Waals surface area contributed by atoms with Crippen LogP contribution in [0.25, 0.3) is 6.08 Å². The molecule has 4 rings (SSSR count). The SMILES string of the molecule is CO[Si](OC)(C1C=Cc2ccccc21)C12CCC(CC1)C2. The van der Waals surface area contributed by atoms with Crippen LogP contribution in [0.5, 0.6) is 0 Å². The molecule has 1 aromatic carbocycles. The number of hydrogen-bond acceptors (Lipinski definition) is 2. The van der Waals surface area contributed by atoms with Crippen molar-refractivity contribution in [1.29, 1.82) is 0 Å². The van der Waals surface area contributed by atoms with E-state index in [1.54, 1.807) is 0 Å². The minimum atomic E-state index is -2.32. The van der Waals surface area contributed by atoms with Crippen molar-refractivity contribution in [2.24, 2.45) is 5.92 Å². The molecule has 1 aromatic rings. The van der Waals surface area contributed by atoms with Crippen LogP contribution in [-0.4, -0.2) is 22.8 Å². The number of benzene rings is 1. The van der Waals surface area contributed by atoms with Crippen LogP contribution in [0, 0.1) is 5.92 Å². The predicted molar refractivity (Wildman–Crippen MR) is 87.3 cm³/mol. The normalized spacial score (nSPS) is 33.6. The molecule has 21 heavy (non-hydrogen) atoms. The van der Waals surface area contributed by atoms with Crippen LogP contribution in [0.2, 0.25) is 5.04 Å². The Morgan fingerprint density at radius 3 is 2.43 bits per heavy atom. The van der Waals surface area contributed by atoms with Gasteiger partial charge in [0.25, 0.3) is 0 Å². The molecule has 0 saturated heterocycles. The topological polar surface area (TPSA) is 18.5 Å². The summed E-state index contributed by atoms with van der Waals surface area (Å²) < 4.78 is 12.6. The molecular weight excluding hydrogens is 276 g/mol. The first kappa shape index (κ1) is 13.7. The Labute approximate surface area is 128 Å². The monoisotopic (exact) mass is 300 g/mol. The molecule has 3 heteroatoms. The zero-order chi connectivity index (χ0) is 14.5. The second-order valence-electron chi connectivity index (χ2n) is 6.97. The molecule has 0 amide bonds. The van der Waals surface area contributed by atoms with Crippen molar-refractivity contribution in [3.63, 3.8) is 0 Å². The molecule has 2 nitrogen and oxygen atoms in total. The van der Waals surface area contributed by atoms with E-state index in [0.29, 0.717) is 10.6 Å². The van der Waals surface area contributed by atoms with Crippen LogP contribution < -0.4 is 0 Å². The molecule has 0 aliphatic heterocycles. The van der Waals surface area contributed by atoms with Crippen LogP contribution >= 0.6 is 0 Å². The Morgan fingerprint density at radius 1 is 1.10 bits per heavy atom. The molecule has 3 aliphatic carbocycles. The minimum Gasteiger partial charge on any atom is -0.397 e.